The average Bonchev–Trinajstić information content (AvgIpc) is 3.28. The van der Waals surface area contributed by atoms with Crippen molar-refractivity contribution in [2.75, 3.05) is 6.79 Å². The number of aromatic nitrogens is 2. The van der Waals surface area contributed by atoms with Gasteiger partial charge in [-0.05, 0) is 42.0 Å². The first-order chi connectivity index (χ1) is 15.1. The number of nitrogens with zero attached hydrogens (tertiary/aromatic N) is 2. The highest BCUT2D eigenvalue weighted by Crippen LogP contribution is 2.32. The molecule has 5 rings (SSSR count). The van der Waals surface area contributed by atoms with E-state index in [0.29, 0.717) is 34.9 Å². The standard InChI is InChI=1S/C24H19N3O4/c1-27-19-5-3-2-4-18(19)26-22(24(27)29)16-7-9-17(10-8-16)23(28)25-13-15-6-11-20-21(12-15)31-14-30-20/h2-12H,13-14H2,1H3,(H,25,28). The van der Waals surface area contributed by atoms with E-state index in [1.54, 1.807) is 35.9 Å². The van der Waals surface area contributed by atoms with Gasteiger partial charge in [-0.3, -0.25) is 9.59 Å². The van der Waals surface area contributed by atoms with Crippen LogP contribution in [0.1, 0.15) is 15.9 Å². The molecule has 154 valence electrons. The predicted octanol–water partition coefficient (Wildman–Crippen LogP) is 3.26. The van der Waals surface area contributed by atoms with Crippen LogP contribution in [-0.2, 0) is 13.6 Å². The van der Waals surface area contributed by atoms with Crippen LogP contribution in [0.4, 0.5) is 0 Å². The molecule has 1 aromatic heterocycles. The van der Waals surface area contributed by atoms with Gasteiger partial charge in [-0.1, -0.05) is 30.3 Å². The Morgan fingerprint density at radius 3 is 2.65 bits per heavy atom. The minimum Gasteiger partial charge on any atom is -0.454 e. The van der Waals surface area contributed by atoms with Gasteiger partial charge in [-0.2, -0.15) is 0 Å². The van der Waals surface area contributed by atoms with Gasteiger partial charge >= 0.3 is 0 Å². The molecule has 7 heteroatoms. The smallest absolute Gasteiger partial charge is 0.277 e. The summed E-state index contributed by atoms with van der Waals surface area (Å²) in [6, 6.07) is 19.9. The Labute approximate surface area is 177 Å². The summed E-state index contributed by atoms with van der Waals surface area (Å²) in [5.41, 5.74) is 3.77. The first-order valence-electron chi connectivity index (χ1n) is 9.83. The van der Waals surface area contributed by atoms with Crippen LogP contribution in [0.3, 0.4) is 0 Å². The van der Waals surface area contributed by atoms with E-state index in [2.05, 4.69) is 10.3 Å². The topological polar surface area (TPSA) is 82.5 Å². The number of hydrogen-bond acceptors (Lipinski definition) is 5. The van der Waals surface area contributed by atoms with Gasteiger partial charge in [0.25, 0.3) is 11.5 Å². The molecule has 2 heterocycles. The number of fused-ring (bicyclic) bond motifs is 2. The first-order valence-corrected chi connectivity index (χ1v) is 9.83. The number of nitrogens with one attached hydrogen (secondary N) is 1. The lowest BCUT2D eigenvalue weighted by molar-refractivity contribution is 0.0951. The molecule has 0 bridgehead atoms. The monoisotopic (exact) mass is 413 g/mol. The summed E-state index contributed by atoms with van der Waals surface area (Å²) in [5, 5.41) is 2.89. The number of ether oxygens (including phenoxy) is 2. The lowest BCUT2D eigenvalue weighted by Crippen LogP contribution is -2.23. The van der Waals surface area contributed by atoms with Crippen molar-refractivity contribution < 1.29 is 14.3 Å². The molecular weight excluding hydrogens is 394 g/mol. The van der Waals surface area contributed by atoms with Crippen molar-refractivity contribution in [1.82, 2.24) is 14.9 Å². The SMILES string of the molecule is Cn1c(=O)c(-c2ccc(C(=O)NCc3ccc4c(c3)OCO4)cc2)nc2ccccc21. The summed E-state index contributed by atoms with van der Waals surface area (Å²) in [7, 11) is 1.73. The maximum absolute atomic E-state index is 12.7. The molecule has 4 aromatic rings. The van der Waals surface area contributed by atoms with Crippen molar-refractivity contribution in [2.45, 2.75) is 6.54 Å². The molecule has 0 fully saturated rings. The largest absolute Gasteiger partial charge is 0.454 e. The Morgan fingerprint density at radius 2 is 1.81 bits per heavy atom. The fourth-order valence-corrected chi connectivity index (χ4v) is 3.58. The Kier molecular flexibility index (Phi) is 4.63. The molecule has 1 aliphatic rings. The van der Waals surface area contributed by atoms with E-state index >= 15 is 0 Å². The van der Waals surface area contributed by atoms with Gasteiger partial charge in [0.15, 0.2) is 11.5 Å². The van der Waals surface area contributed by atoms with Gasteiger partial charge in [-0.15, -0.1) is 0 Å². The van der Waals surface area contributed by atoms with Crippen molar-refractivity contribution in [1.29, 1.82) is 0 Å². The highest BCUT2D eigenvalue weighted by molar-refractivity contribution is 5.94. The van der Waals surface area contributed by atoms with Crippen LogP contribution in [0.25, 0.3) is 22.3 Å². The minimum absolute atomic E-state index is 0.182. The molecule has 0 spiro atoms. The van der Waals surface area contributed by atoms with Crippen LogP contribution in [0.15, 0.2) is 71.5 Å². The van der Waals surface area contributed by atoms with Crippen molar-refractivity contribution >= 4 is 16.9 Å². The third-order valence-electron chi connectivity index (χ3n) is 5.29. The van der Waals surface area contributed by atoms with Crippen molar-refractivity contribution in [3.05, 3.63) is 88.2 Å². The second-order valence-corrected chi connectivity index (χ2v) is 7.26. The number of rotatable bonds is 4. The van der Waals surface area contributed by atoms with Gasteiger partial charge in [-0.25, -0.2) is 4.98 Å². The van der Waals surface area contributed by atoms with Crippen LogP contribution in [0.2, 0.25) is 0 Å². The molecule has 3 aromatic carbocycles. The van der Waals surface area contributed by atoms with Crippen molar-refractivity contribution in [3.8, 4) is 22.8 Å². The number of hydrogen-bond donors (Lipinski definition) is 1. The molecule has 0 saturated carbocycles. The highest BCUT2D eigenvalue weighted by Gasteiger charge is 2.14. The number of para-hydroxylation sites is 2. The maximum Gasteiger partial charge on any atom is 0.277 e. The molecule has 0 aliphatic carbocycles. The number of benzene rings is 3. The fourth-order valence-electron chi connectivity index (χ4n) is 3.58. The molecule has 1 N–H and O–H groups in total. The molecule has 1 amide bonds. The zero-order valence-electron chi connectivity index (χ0n) is 16.8. The second-order valence-electron chi connectivity index (χ2n) is 7.26. The van der Waals surface area contributed by atoms with E-state index in [4.69, 9.17) is 9.47 Å². The Morgan fingerprint density at radius 1 is 1.03 bits per heavy atom. The summed E-state index contributed by atoms with van der Waals surface area (Å²) in [4.78, 5) is 29.8. The number of aryl methyl sites for hydroxylation is 1. The van der Waals surface area contributed by atoms with E-state index in [0.717, 1.165) is 16.6 Å². The molecule has 0 saturated heterocycles. The van der Waals surface area contributed by atoms with Crippen LogP contribution in [-0.4, -0.2) is 22.3 Å². The fraction of sp³-hybridized carbons (Fsp3) is 0.125. The number of amides is 1. The van der Waals surface area contributed by atoms with Gasteiger partial charge in [0.05, 0.1) is 11.0 Å². The zero-order chi connectivity index (χ0) is 21.4. The third kappa shape index (κ3) is 3.50. The van der Waals surface area contributed by atoms with Crippen LogP contribution in [0.5, 0.6) is 11.5 Å². The summed E-state index contributed by atoms with van der Waals surface area (Å²) in [6.45, 7) is 0.580. The molecule has 1 aliphatic heterocycles. The molecule has 7 nitrogen and oxygen atoms in total. The average molecular weight is 413 g/mol. The highest BCUT2D eigenvalue weighted by atomic mass is 16.7. The Balaban J connectivity index is 1.34. The quantitative estimate of drug-likeness (QED) is 0.555. The molecule has 0 unspecified atom stereocenters. The van der Waals surface area contributed by atoms with Crippen LogP contribution in [0, 0.1) is 0 Å². The molecular formula is C24H19N3O4. The van der Waals surface area contributed by atoms with E-state index in [9.17, 15) is 9.59 Å². The number of carbonyl (C=O) groups excluding carboxylic acids is 1. The first kappa shape index (κ1) is 18.9. The Bertz CT molecular complexity index is 1360. The Hall–Kier alpha value is -4.13. The normalized spacial score (nSPS) is 12.2. The van der Waals surface area contributed by atoms with E-state index < -0.39 is 0 Å². The number of carbonyl (C=O) groups is 1. The minimum atomic E-state index is -0.205. The summed E-state index contributed by atoms with van der Waals surface area (Å²) < 4.78 is 12.2. The summed E-state index contributed by atoms with van der Waals surface area (Å²) in [5.74, 6) is 1.18. The second kappa shape index (κ2) is 7.60. The summed E-state index contributed by atoms with van der Waals surface area (Å²) in [6.07, 6.45) is 0. The van der Waals surface area contributed by atoms with Gasteiger partial charge in [0.1, 0.15) is 5.69 Å². The lowest BCUT2D eigenvalue weighted by Gasteiger charge is -2.09. The van der Waals surface area contributed by atoms with Gasteiger partial charge in [0, 0.05) is 24.7 Å². The van der Waals surface area contributed by atoms with E-state index in [-0.39, 0.29) is 18.3 Å². The molecule has 0 atom stereocenters. The summed E-state index contributed by atoms with van der Waals surface area (Å²) >= 11 is 0. The lowest BCUT2D eigenvalue weighted by atomic mass is 10.1. The van der Waals surface area contributed by atoms with E-state index in [1.165, 1.54) is 0 Å². The van der Waals surface area contributed by atoms with Crippen LogP contribution < -0.4 is 20.3 Å². The molecule has 31 heavy (non-hydrogen) atoms. The van der Waals surface area contributed by atoms with Gasteiger partial charge < -0.3 is 19.4 Å². The van der Waals surface area contributed by atoms with E-state index in [1.807, 2.05) is 42.5 Å². The van der Waals surface area contributed by atoms with Gasteiger partial charge in [0.2, 0.25) is 6.79 Å². The maximum atomic E-state index is 12.7. The zero-order valence-corrected chi connectivity index (χ0v) is 16.8. The molecule has 0 radical (unpaired) electrons. The predicted molar refractivity (Wildman–Crippen MR) is 116 cm³/mol. The third-order valence-corrected chi connectivity index (χ3v) is 5.29. The van der Waals surface area contributed by atoms with Crippen molar-refractivity contribution in [3.63, 3.8) is 0 Å². The van der Waals surface area contributed by atoms with Crippen LogP contribution >= 0.6 is 0 Å². The van der Waals surface area contributed by atoms with Crippen molar-refractivity contribution in [2.24, 2.45) is 7.05 Å².